The zero-order valence-corrected chi connectivity index (χ0v) is 16.5. The van der Waals surface area contributed by atoms with Gasteiger partial charge in [0.05, 0.1) is 15.2 Å². The number of esters is 1. The van der Waals surface area contributed by atoms with Gasteiger partial charge in [-0.25, -0.2) is 9.78 Å². The first-order valence-electron chi connectivity index (χ1n) is 7.74. The van der Waals surface area contributed by atoms with E-state index in [2.05, 4.69) is 17.6 Å². The molecule has 3 aromatic rings. The number of carbonyl (C=O) groups is 1. The number of carbonyl (C=O) groups excluding carboxylic acids is 1. The first kappa shape index (κ1) is 19.1. The third-order valence-corrected chi connectivity index (χ3v) is 5.18. The van der Waals surface area contributed by atoms with Crippen molar-refractivity contribution < 1.29 is 9.53 Å². The van der Waals surface area contributed by atoms with Gasteiger partial charge in [-0.3, -0.25) is 0 Å². The molecular weight excluding hydrogens is 403 g/mol. The van der Waals surface area contributed by atoms with Gasteiger partial charge in [-0.05, 0) is 37.3 Å². The molecule has 1 aromatic heterocycles. The van der Waals surface area contributed by atoms with Crippen LogP contribution in [0.2, 0.25) is 10.0 Å². The van der Waals surface area contributed by atoms with Crippen molar-refractivity contribution in [3.63, 3.8) is 0 Å². The van der Waals surface area contributed by atoms with E-state index in [0.29, 0.717) is 26.1 Å². The van der Waals surface area contributed by atoms with E-state index in [0.717, 1.165) is 4.70 Å². The van der Waals surface area contributed by atoms with Gasteiger partial charge >= 0.3 is 5.97 Å². The second-order valence-corrected chi connectivity index (χ2v) is 7.47. The fourth-order valence-corrected chi connectivity index (χ4v) is 3.59. The van der Waals surface area contributed by atoms with E-state index < -0.39 is 5.97 Å². The number of halogens is 2. The minimum absolute atomic E-state index is 0.0428. The molecule has 7 heteroatoms. The minimum Gasteiger partial charge on any atom is -0.421 e. The van der Waals surface area contributed by atoms with Crippen LogP contribution in [0, 0.1) is 11.3 Å². The number of nitrogens with zero attached hydrogens (tertiary/aromatic N) is 2. The summed E-state index contributed by atoms with van der Waals surface area (Å²) in [5, 5.41) is 11.1. The Balaban J connectivity index is 2.25. The van der Waals surface area contributed by atoms with Crippen LogP contribution in [0.25, 0.3) is 21.5 Å². The molecule has 0 spiro atoms. The number of thiazole rings is 1. The monoisotopic (exact) mass is 414 g/mol. The number of hydrogen-bond donors (Lipinski definition) is 0. The molecule has 0 amide bonds. The van der Waals surface area contributed by atoms with E-state index in [4.69, 9.17) is 27.9 Å². The highest BCUT2D eigenvalue weighted by atomic mass is 35.5. The zero-order chi connectivity index (χ0) is 19.6. The Morgan fingerprint density at radius 1 is 1.26 bits per heavy atom. The van der Waals surface area contributed by atoms with Gasteiger partial charge in [-0.2, -0.15) is 5.26 Å². The number of fused-ring (bicyclic) bond motifs is 1. The van der Waals surface area contributed by atoms with Crippen molar-refractivity contribution in [2.75, 3.05) is 0 Å². The summed E-state index contributed by atoms with van der Waals surface area (Å²) in [5.41, 5.74) is 1.38. The molecule has 4 nitrogen and oxygen atoms in total. The van der Waals surface area contributed by atoms with E-state index in [1.165, 1.54) is 18.3 Å². The first-order valence-corrected chi connectivity index (χ1v) is 9.31. The fraction of sp³-hybridized carbons (Fsp3) is 0.0500. The molecule has 134 valence electrons. The van der Waals surface area contributed by atoms with E-state index in [9.17, 15) is 10.1 Å². The third-order valence-electron chi connectivity index (χ3n) is 3.56. The van der Waals surface area contributed by atoms with E-state index in [1.807, 2.05) is 6.07 Å². The summed E-state index contributed by atoms with van der Waals surface area (Å²) in [6.45, 7) is 5.11. The van der Waals surface area contributed by atoms with Crippen LogP contribution in [0.4, 0.5) is 0 Å². The average Bonchev–Trinajstić information content (AvgIpc) is 3.04. The quantitative estimate of drug-likeness (QED) is 0.223. The molecule has 0 saturated carbocycles. The molecule has 0 aliphatic rings. The lowest BCUT2D eigenvalue weighted by Gasteiger charge is -2.12. The van der Waals surface area contributed by atoms with Crippen LogP contribution in [-0.4, -0.2) is 11.0 Å². The zero-order valence-electron chi connectivity index (χ0n) is 14.1. The normalized spacial score (nSPS) is 11.6. The molecule has 0 N–H and O–H groups in total. The molecule has 2 aromatic carbocycles. The fourth-order valence-electron chi connectivity index (χ4n) is 2.27. The van der Waals surface area contributed by atoms with Gasteiger partial charge in [0.25, 0.3) is 0 Å². The average molecular weight is 415 g/mol. The second kappa shape index (κ2) is 7.93. The van der Waals surface area contributed by atoms with Gasteiger partial charge in [-0.15, -0.1) is 11.3 Å². The van der Waals surface area contributed by atoms with Crippen LogP contribution in [0.15, 0.2) is 54.6 Å². The minimum atomic E-state index is -0.651. The number of ether oxygens (including phenoxy) is 1. The van der Waals surface area contributed by atoms with E-state index >= 15 is 0 Å². The third kappa shape index (κ3) is 4.04. The summed E-state index contributed by atoms with van der Waals surface area (Å²) >= 11 is 13.6. The maximum Gasteiger partial charge on any atom is 0.338 e. The lowest BCUT2D eigenvalue weighted by molar-refractivity contribution is -0.132. The van der Waals surface area contributed by atoms with E-state index in [1.54, 1.807) is 36.4 Å². The Bertz CT molecular complexity index is 1140. The van der Waals surface area contributed by atoms with Gasteiger partial charge in [0, 0.05) is 16.2 Å². The molecule has 0 saturated heterocycles. The van der Waals surface area contributed by atoms with Crippen molar-refractivity contribution in [2.45, 2.75) is 6.92 Å². The number of aromatic nitrogens is 1. The van der Waals surface area contributed by atoms with Gasteiger partial charge in [0.15, 0.2) is 5.76 Å². The number of rotatable bonds is 4. The number of nitriles is 1. The standard InChI is InChI=1S/C20H12Cl2N2O2S/c1-11(2)20(25)26-18(13-5-3-4-6-15(13)22)14(10-23)19-24-16-9-12(21)7-8-17(16)27-19/h3-9H,1H2,2H3/b18-14+. The van der Waals surface area contributed by atoms with Crippen molar-refractivity contribution in [3.05, 3.63) is 75.2 Å². The summed E-state index contributed by atoms with van der Waals surface area (Å²) < 4.78 is 6.33. The number of hydrogen-bond acceptors (Lipinski definition) is 5. The van der Waals surface area contributed by atoms with E-state index in [-0.39, 0.29) is 16.9 Å². The van der Waals surface area contributed by atoms with Gasteiger partial charge < -0.3 is 4.74 Å². The highest BCUT2D eigenvalue weighted by molar-refractivity contribution is 7.19. The first-order chi connectivity index (χ1) is 12.9. The van der Waals surface area contributed by atoms with Crippen molar-refractivity contribution in [1.29, 1.82) is 5.26 Å². The van der Waals surface area contributed by atoms with Crippen LogP contribution in [0.5, 0.6) is 0 Å². The maximum atomic E-state index is 12.2. The molecule has 3 rings (SSSR count). The van der Waals surface area contributed by atoms with Crippen molar-refractivity contribution in [2.24, 2.45) is 0 Å². The van der Waals surface area contributed by atoms with Crippen molar-refractivity contribution in [3.8, 4) is 6.07 Å². The molecule has 1 heterocycles. The lowest BCUT2D eigenvalue weighted by atomic mass is 10.1. The van der Waals surface area contributed by atoms with Gasteiger partial charge in [0.1, 0.15) is 16.6 Å². The highest BCUT2D eigenvalue weighted by Crippen LogP contribution is 2.35. The van der Waals surface area contributed by atoms with Crippen LogP contribution in [-0.2, 0) is 9.53 Å². The largest absolute Gasteiger partial charge is 0.421 e. The number of allylic oxidation sites excluding steroid dienone is 1. The second-order valence-electron chi connectivity index (χ2n) is 5.60. The molecule has 0 unspecified atom stereocenters. The predicted molar refractivity (Wildman–Crippen MR) is 109 cm³/mol. The molecule has 0 fully saturated rings. The highest BCUT2D eigenvalue weighted by Gasteiger charge is 2.22. The van der Waals surface area contributed by atoms with Crippen LogP contribution in [0.3, 0.4) is 0 Å². The predicted octanol–water partition coefficient (Wildman–Crippen LogP) is 6.11. The smallest absolute Gasteiger partial charge is 0.338 e. The Morgan fingerprint density at radius 3 is 2.67 bits per heavy atom. The topological polar surface area (TPSA) is 63.0 Å². The maximum absolute atomic E-state index is 12.2. The van der Waals surface area contributed by atoms with Crippen LogP contribution >= 0.6 is 34.5 Å². The summed E-state index contributed by atoms with van der Waals surface area (Å²) in [7, 11) is 0. The summed E-state index contributed by atoms with van der Waals surface area (Å²) in [5.74, 6) is -0.608. The molecule has 0 aliphatic heterocycles. The summed E-state index contributed by atoms with van der Waals surface area (Å²) in [6.07, 6.45) is 0. The van der Waals surface area contributed by atoms with Gasteiger partial charge in [-0.1, -0.05) is 41.9 Å². The van der Waals surface area contributed by atoms with Crippen molar-refractivity contribution >= 4 is 62.1 Å². The Hall–Kier alpha value is -2.65. The van der Waals surface area contributed by atoms with Gasteiger partial charge in [0.2, 0.25) is 0 Å². The molecule has 0 bridgehead atoms. The van der Waals surface area contributed by atoms with Crippen LogP contribution < -0.4 is 0 Å². The lowest BCUT2D eigenvalue weighted by Crippen LogP contribution is -2.06. The Morgan fingerprint density at radius 2 is 2.00 bits per heavy atom. The summed E-state index contributed by atoms with van der Waals surface area (Å²) in [4.78, 5) is 16.6. The SMILES string of the molecule is C=C(C)C(=O)O/C(=C(\C#N)c1nc2cc(Cl)ccc2s1)c1ccccc1Cl. The Kier molecular flexibility index (Phi) is 5.62. The molecule has 0 radical (unpaired) electrons. The van der Waals surface area contributed by atoms with Crippen molar-refractivity contribution in [1.82, 2.24) is 4.98 Å². The molecule has 27 heavy (non-hydrogen) atoms. The van der Waals surface area contributed by atoms with Crippen LogP contribution in [0.1, 0.15) is 17.5 Å². The molecule has 0 aliphatic carbocycles. The summed E-state index contributed by atoms with van der Waals surface area (Å²) in [6, 6.07) is 14.2. The number of benzene rings is 2. The Labute approximate surface area is 169 Å². The molecular formula is C20H12Cl2N2O2S. The molecule has 0 atom stereocenters.